The standard InChI is InChI=1S/C10H16N2O2/c1-3-11(9-13)7-5-6-8-12(4-2)10-14/h3-4,9-10H,1-2,5-8H2. The first-order chi connectivity index (χ1) is 6.78. The lowest BCUT2D eigenvalue weighted by Crippen LogP contribution is -2.19. The van der Waals surface area contributed by atoms with Crippen molar-refractivity contribution < 1.29 is 9.59 Å². The molecule has 0 heterocycles. The Hall–Kier alpha value is -1.58. The van der Waals surface area contributed by atoms with Crippen LogP contribution in [0.15, 0.2) is 25.6 Å². The lowest BCUT2D eigenvalue weighted by Gasteiger charge is -2.13. The molecule has 0 N–H and O–H groups in total. The summed E-state index contributed by atoms with van der Waals surface area (Å²) in [4.78, 5) is 23.6. The van der Waals surface area contributed by atoms with E-state index < -0.39 is 0 Å². The minimum absolute atomic E-state index is 0.636. The number of hydrogen-bond acceptors (Lipinski definition) is 2. The second-order valence-corrected chi connectivity index (χ2v) is 2.76. The van der Waals surface area contributed by atoms with Crippen LogP contribution in [-0.2, 0) is 9.59 Å². The molecule has 78 valence electrons. The number of unbranched alkanes of at least 4 members (excludes halogenated alkanes) is 1. The highest BCUT2D eigenvalue weighted by Gasteiger charge is 1.98. The third-order valence-corrected chi connectivity index (χ3v) is 1.82. The summed E-state index contributed by atoms with van der Waals surface area (Å²) in [5.41, 5.74) is 0. The molecular formula is C10H16N2O2. The Morgan fingerprint density at radius 1 is 0.857 bits per heavy atom. The molecule has 4 heteroatoms. The number of rotatable bonds is 9. The van der Waals surface area contributed by atoms with Crippen molar-refractivity contribution in [2.24, 2.45) is 0 Å². The minimum Gasteiger partial charge on any atom is -0.322 e. The molecule has 14 heavy (non-hydrogen) atoms. The van der Waals surface area contributed by atoms with E-state index in [9.17, 15) is 9.59 Å². The molecule has 0 aliphatic heterocycles. The van der Waals surface area contributed by atoms with E-state index in [4.69, 9.17) is 0 Å². The predicted octanol–water partition coefficient (Wildman–Crippen LogP) is 0.970. The third kappa shape index (κ3) is 5.13. The molecule has 0 aromatic heterocycles. The van der Waals surface area contributed by atoms with Crippen LogP contribution in [0, 0.1) is 0 Å². The van der Waals surface area contributed by atoms with Crippen molar-refractivity contribution in [3.8, 4) is 0 Å². The van der Waals surface area contributed by atoms with E-state index in [1.165, 1.54) is 22.2 Å². The van der Waals surface area contributed by atoms with Crippen LogP contribution in [0.5, 0.6) is 0 Å². The molecular weight excluding hydrogens is 180 g/mol. The zero-order chi connectivity index (χ0) is 10.8. The van der Waals surface area contributed by atoms with Gasteiger partial charge in [0.05, 0.1) is 0 Å². The zero-order valence-corrected chi connectivity index (χ0v) is 8.26. The summed E-state index contributed by atoms with van der Waals surface area (Å²) in [5.74, 6) is 0. The smallest absolute Gasteiger partial charge is 0.213 e. The van der Waals surface area contributed by atoms with Crippen LogP contribution in [0.1, 0.15) is 12.8 Å². The first-order valence-electron chi connectivity index (χ1n) is 4.45. The molecule has 4 nitrogen and oxygen atoms in total. The largest absolute Gasteiger partial charge is 0.322 e. The molecule has 0 fully saturated rings. The van der Waals surface area contributed by atoms with Gasteiger partial charge in [-0.25, -0.2) is 0 Å². The van der Waals surface area contributed by atoms with Crippen molar-refractivity contribution in [2.75, 3.05) is 13.1 Å². The van der Waals surface area contributed by atoms with Crippen LogP contribution in [0.2, 0.25) is 0 Å². The Bertz CT molecular complexity index is 166. The van der Waals surface area contributed by atoms with Gasteiger partial charge in [0.1, 0.15) is 0 Å². The first kappa shape index (κ1) is 12.4. The van der Waals surface area contributed by atoms with E-state index in [2.05, 4.69) is 13.2 Å². The molecule has 0 radical (unpaired) electrons. The lowest BCUT2D eigenvalue weighted by atomic mass is 10.3. The average Bonchev–Trinajstić information content (AvgIpc) is 2.24. The van der Waals surface area contributed by atoms with Crippen molar-refractivity contribution in [2.45, 2.75) is 12.8 Å². The predicted molar refractivity (Wildman–Crippen MR) is 55.2 cm³/mol. The highest BCUT2D eigenvalue weighted by Crippen LogP contribution is 1.96. The highest BCUT2D eigenvalue weighted by molar-refractivity contribution is 5.49. The third-order valence-electron chi connectivity index (χ3n) is 1.82. The molecule has 0 aromatic rings. The molecule has 0 rings (SSSR count). The summed E-state index contributed by atoms with van der Waals surface area (Å²) in [6.45, 7) is 8.25. The topological polar surface area (TPSA) is 40.6 Å². The molecule has 0 unspecified atom stereocenters. The van der Waals surface area contributed by atoms with E-state index in [0.29, 0.717) is 13.1 Å². The Morgan fingerprint density at radius 3 is 1.43 bits per heavy atom. The number of nitrogens with zero attached hydrogens (tertiary/aromatic N) is 2. The Kier molecular flexibility index (Phi) is 7.13. The van der Waals surface area contributed by atoms with Gasteiger partial charge in [0.15, 0.2) is 0 Å². The second kappa shape index (κ2) is 8.04. The summed E-state index contributed by atoms with van der Waals surface area (Å²) in [6.07, 6.45) is 6.11. The Balaban J connectivity index is 3.53. The summed E-state index contributed by atoms with van der Waals surface area (Å²) < 4.78 is 0. The van der Waals surface area contributed by atoms with E-state index in [0.717, 1.165) is 25.7 Å². The number of hydrogen-bond donors (Lipinski definition) is 0. The highest BCUT2D eigenvalue weighted by atomic mass is 16.1. The second-order valence-electron chi connectivity index (χ2n) is 2.76. The van der Waals surface area contributed by atoms with Gasteiger partial charge in [-0.3, -0.25) is 9.59 Å². The van der Waals surface area contributed by atoms with E-state index in [1.54, 1.807) is 0 Å². The van der Waals surface area contributed by atoms with Crippen molar-refractivity contribution in [3.63, 3.8) is 0 Å². The molecule has 2 amide bonds. The van der Waals surface area contributed by atoms with Gasteiger partial charge in [0, 0.05) is 13.1 Å². The van der Waals surface area contributed by atoms with Crippen LogP contribution in [0.4, 0.5) is 0 Å². The van der Waals surface area contributed by atoms with Crippen molar-refractivity contribution in [1.29, 1.82) is 0 Å². The Morgan fingerprint density at radius 2 is 1.21 bits per heavy atom. The summed E-state index contributed by atoms with van der Waals surface area (Å²) in [7, 11) is 0. The summed E-state index contributed by atoms with van der Waals surface area (Å²) >= 11 is 0. The number of amides is 2. The molecule has 0 atom stereocenters. The average molecular weight is 196 g/mol. The van der Waals surface area contributed by atoms with Gasteiger partial charge in [-0.1, -0.05) is 13.2 Å². The zero-order valence-electron chi connectivity index (χ0n) is 8.26. The quantitative estimate of drug-likeness (QED) is 0.407. The van der Waals surface area contributed by atoms with Gasteiger partial charge < -0.3 is 9.80 Å². The summed E-state index contributed by atoms with van der Waals surface area (Å²) in [6, 6.07) is 0. The molecule has 0 aliphatic rings. The van der Waals surface area contributed by atoms with Crippen LogP contribution in [0.3, 0.4) is 0 Å². The van der Waals surface area contributed by atoms with Crippen LogP contribution in [-0.4, -0.2) is 35.7 Å². The maximum Gasteiger partial charge on any atom is 0.213 e. The van der Waals surface area contributed by atoms with Gasteiger partial charge >= 0.3 is 0 Å². The van der Waals surface area contributed by atoms with Gasteiger partial charge in [-0.05, 0) is 25.2 Å². The van der Waals surface area contributed by atoms with Crippen LogP contribution >= 0.6 is 0 Å². The Labute approximate surface area is 84.5 Å². The van der Waals surface area contributed by atoms with Crippen LogP contribution < -0.4 is 0 Å². The molecule has 0 bridgehead atoms. The fraction of sp³-hybridized carbons (Fsp3) is 0.400. The molecule has 0 saturated carbocycles. The van der Waals surface area contributed by atoms with Gasteiger partial charge in [0.25, 0.3) is 0 Å². The maximum absolute atomic E-state index is 10.3. The molecule has 0 aromatic carbocycles. The van der Waals surface area contributed by atoms with Gasteiger partial charge in [-0.15, -0.1) is 0 Å². The number of carbonyl (C=O) groups excluding carboxylic acids is 2. The van der Waals surface area contributed by atoms with E-state index in [1.807, 2.05) is 0 Å². The summed E-state index contributed by atoms with van der Waals surface area (Å²) in [5, 5.41) is 0. The van der Waals surface area contributed by atoms with Crippen molar-refractivity contribution in [1.82, 2.24) is 9.80 Å². The van der Waals surface area contributed by atoms with Crippen molar-refractivity contribution in [3.05, 3.63) is 25.6 Å². The van der Waals surface area contributed by atoms with Gasteiger partial charge in [0.2, 0.25) is 12.8 Å². The SMILES string of the molecule is C=CN(C=O)CCCCN(C=C)C=O. The fourth-order valence-electron chi connectivity index (χ4n) is 0.963. The monoisotopic (exact) mass is 196 g/mol. The van der Waals surface area contributed by atoms with E-state index >= 15 is 0 Å². The molecule has 0 saturated heterocycles. The fourth-order valence-corrected chi connectivity index (χ4v) is 0.963. The molecule has 0 aliphatic carbocycles. The minimum atomic E-state index is 0.636. The van der Waals surface area contributed by atoms with Gasteiger partial charge in [-0.2, -0.15) is 0 Å². The maximum atomic E-state index is 10.3. The van der Waals surface area contributed by atoms with Crippen molar-refractivity contribution >= 4 is 12.8 Å². The molecule has 0 spiro atoms. The lowest BCUT2D eigenvalue weighted by molar-refractivity contribution is -0.117. The normalized spacial score (nSPS) is 8.86. The number of carbonyl (C=O) groups is 2. The van der Waals surface area contributed by atoms with E-state index in [-0.39, 0.29) is 0 Å². The first-order valence-corrected chi connectivity index (χ1v) is 4.45. The van der Waals surface area contributed by atoms with Crippen LogP contribution in [0.25, 0.3) is 0 Å².